The van der Waals surface area contributed by atoms with Crippen LogP contribution in [0.15, 0.2) is 24.3 Å². The molecule has 2 rings (SSSR count). The first-order valence-corrected chi connectivity index (χ1v) is 7.64. The zero-order valence-electron chi connectivity index (χ0n) is 14.4. The first kappa shape index (κ1) is 21.6. The molecule has 0 spiro atoms. The molecule has 0 aliphatic rings. The third-order valence-electron chi connectivity index (χ3n) is 4.01. The summed E-state index contributed by atoms with van der Waals surface area (Å²) >= 11 is 0. The Bertz CT molecular complexity index is 1070. The summed E-state index contributed by atoms with van der Waals surface area (Å²) in [5.41, 5.74) is -8.35. The Morgan fingerprint density at radius 1 is 0.400 bits per heavy atom. The molecule has 12 nitrogen and oxygen atoms in total. The Balaban J connectivity index is 3.33. The van der Waals surface area contributed by atoms with Crippen molar-refractivity contribution in [1.82, 2.24) is 0 Å². The Labute approximate surface area is 164 Å². The zero-order chi connectivity index (χ0) is 22.9. The fourth-order valence-electron chi connectivity index (χ4n) is 2.88. The van der Waals surface area contributed by atoms with Gasteiger partial charge in [0, 0.05) is 11.1 Å². The van der Waals surface area contributed by atoms with Crippen LogP contribution in [0.25, 0.3) is 11.1 Å². The number of carboxylic acids is 6. The van der Waals surface area contributed by atoms with Gasteiger partial charge in [-0.05, 0) is 24.3 Å². The lowest BCUT2D eigenvalue weighted by atomic mass is 9.84. The lowest BCUT2D eigenvalue weighted by Crippen LogP contribution is -2.19. The van der Waals surface area contributed by atoms with Crippen molar-refractivity contribution >= 4 is 35.8 Å². The molecule has 0 amide bonds. The minimum absolute atomic E-state index is 0.640. The Morgan fingerprint density at radius 3 is 0.833 bits per heavy atom. The van der Waals surface area contributed by atoms with Gasteiger partial charge in [-0.3, -0.25) is 0 Å². The second kappa shape index (κ2) is 7.71. The van der Waals surface area contributed by atoms with Gasteiger partial charge in [-0.25, -0.2) is 28.8 Å². The highest BCUT2D eigenvalue weighted by Crippen LogP contribution is 2.37. The number of rotatable bonds is 7. The molecule has 0 aliphatic carbocycles. The van der Waals surface area contributed by atoms with Crippen molar-refractivity contribution in [2.75, 3.05) is 0 Å². The fourth-order valence-corrected chi connectivity index (χ4v) is 2.88. The van der Waals surface area contributed by atoms with Crippen LogP contribution in [0.5, 0.6) is 0 Å². The van der Waals surface area contributed by atoms with E-state index in [-0.39, 0.29) is 0 Å². The largest absolute Gasteiger partial charge is 0.478 e. The summed E-state index contributed by atoms with van der Waals surface area (Å²) in [6.07, 6.45) is 0. The first-order valence-electron chi connectivity index (χ1n) is 7.64. The maximum atomic E-state index is 11.8. The predicted octanol–water partition coefficient (Wildman–Crippen LogP) is 1.54. The van der Waals surface area contributed by atoms with E-state index in [2.05, 4.69) is 0 Å². The van der Waals surface area contributed by atoms with E-state index in [0.29, 0.717) is 24.3 Å². The number of aromatic carboxylic acids is 6. The Morgan fingerprint density at radius 2 is 0.633 bits per heavy atom. The molecule has 30 heavy (non-hydrogen) atoms. The lowest BCUT2D eigenvalue weighted by Gasteiger charge is -2.18. The topological polar surface area (TPSA) is 224 Å². The van der Waals surface area contributed by atoms with E-state index in [1.807, 2.05) is 0 Å². The highest BCUT2D eigenvalue weighted by atomic mass is 16.4. The molecule has 0 aliphatic heterocycles. The average molecular weight is 418 g/mol. The summed E-state index contributed by atoms with van der Waals surface area (Å²) in [7, 11) is 0. The molecule has 12 heteroatoms. The van der Waals surface area contributed by atoms with Gasteiger partial charge >= 0.3 is 35.8 Å². The van der Waals surface area contributed by atoms with Gasteiger partial charge in [0.15, 0.2) is 0 Å². The molecular formula is C18H10O12. The molecule has 2 aromatic carbocycles. The normalized spacial score (nSPS) is 10.3. The summed E-state index contributed by atoms with van der Waals surface area (Å²) < 4.78 is 0. The molecule has 0 saturated carbocycles. The molecule has 0 fully saturated rings. The standard InChI is InChI=1S/C18H10O12/c19-13(20)5-1-3-7(15(23)24)11(17(27)28)9(5)10-6(14(21)22)2-4-8(16(25)26)12(10)18(29)30/h1-4H,(H,19,20)(H,21,22)(H,23,24)(H,25,26)(H,27,28)(H,29,30). The van der Waals surface area contributed by atoms with Crippen molar-refractivity contribution in [2.24, 2.45) is 0 Å². The highest BCUT2D eigenvalue weighted by molar-refractivity contribution is 6.18. The smallest absolute Gasteiger partial charge is 0.337 e. The number of hydrogen-bond acceptors (Lipinski definition) is 6. The minimum atomic E-state index is -2.00. The van der Waals surface area contributed by atoms with Crippen LogP contribution >= 0.6 is 0 Å². The van der Waals surface area contributed by atoms with Crippen molar-refractivity contribution in [2.45, 2.75) is 0 Å². The number of carbonyl (C=O) groups is 6. The van der Waals surface area contributed by atoms with E-state index in [4.69, 9.17) is 0 Å². The van der Waals surface area contributed by atoms with E-state index in [0.717, 1.165) is 0 Å². The molecule has 6 N–H and O–H groups in total. The van der Waals surface area contributed by atoms with Crippen LogP contribution in [-0.4, -0.2) is 66.5 Å². The Kier molecular flexibility index (Phi) is 5.54. The second-order valence-electron chi connectivity index (χ2n) is 5.65. The monoisotopic (exact) mass is 418 g/mol. The number of benzene rings is 2. The van der Waals surface area contributed by atoms with Crippen molar-refractivity contribution in [1.29, 1.82) is 0 Å². The molecule has 154 valence electrons. The van der Waals surface area contributed by atoms with Gasteiger partial charge in [-0.15, -0.1) is 0 Å². The molecule has 0 saturated heterocycles. The van der Waals surface area contributed by atoms with Crippen LogP contribution in [0.1, 0.15) is 62.1 Å². The van der Waals surface area contributed by atoms with Crippen molar-refractivity contribution in [3.63, 3.8) is 0 Å². The van der Waals surface area contributed by atoms with E-state index >= 15 is 0 Å². The number of hydrogen-bond donors (Lipinski definition) is 6. The van der Waals surface area contributed by atoms with Gasteiger partial charge in [0.25, 0.3) is 0 Å². The summed E-state index contributed by atoms with van der Waals surface area (Å²) in [4.78, 5) is 69.9. The molecular weight excluding hydrogens is 408 g/mol. The molecule has 2 aromatic rings. The van der Waals surface area contributed by atoms with Crippen molar-refractivity contribution < 1.29 is 59.4 Å². The molecule has 0 aromatic heterocycles. The summed E-state index contributed by atoms with van der Waals surface area (Å²) in [5, 5.41) is 56.5. The molecule has 0 radical (unpaired) electrons. The SMILES string of the molecule is O=C(O)c1ccc(C(=O)O)c(-c2c(C(=O)O)ccc(C(=O)O)c2C(=O)O)c1C(=O)O. The van der Waals surface area contributed by atoms with Crippen LogP contribution in [0.3, 0.4) is 0 Å². The first-order chi connectivity index (χ1) is 13.9. The summed E-state index contributed by atoms with van der Waals surface area (Å²) in [6.45, 7) is 0. The van der Waals surface area contributed by atoms with Crippen LogP contribution in [0.2, 0.25) is 0 Å². The van der Waals surface area contributed by atoms with Gasteiger partial charge in [-0.2, -0.15) is 0 Å². The number of carboxylic acid groups (broad SMARTS) is 6. The van der Waals surface area contributed by atoms with E-state index < -0.39 is 80.3 Å². The maximum Gasteiger partial charge on any atom is 0.337 e. The van der Waals surface area contributed by atoms with Gasteiger partial charge < -0.3 is 30.6 Å². The van der Waals surface area contributed by atoms with Gasteiger partial charge in [-0.1, -0.05) is 0 Å². The Hall–Kier alpha value is -4.74. The van der Waals surface area contributed by atoms with E-state index in [1.54, 1.807) is 0 Å². The quantitative estimate of drug-likeness (QED) is 0.376. The van der Waals surface area contributed by atoms with Crippen LogP contribution in [0.4, 0.5) is 0 Å². The maximum absolute atomic E-state index is 11.8. The van der Waals surface area contributed by atoms with E-state index in [1.165, 1.54) is 0 Å². The van der Waals surface area contributed by atoms with Crippen LogP contribution in [-0.2, 0) is 0 Å². The van der Waals surface area contributed by atoms with Gasteiger partial charge in [0.2, 0.25) is 0 Å². The molecule has 0 unspecified atom stereocenters. The van der Waals surface area contributed by atoms with Gasteiger partial charge in [0.05, 0.1) is 33.4 Å². The fraction of sp³-hybridized carbons (Fsp3) is 0. The predicted molar refractivity (Wildman–Crippen MR) is 93.6 cm³/mol. The summed E-state index contributed by atoms with van der Waals surface area (Å²) in [5.74, 6) is -11.3. The molecule has 0 atom stereocenters. The molecule has 0 bridgehead atoms. The molecule has 0 heterocycles. The van der Waals surface area contributed by atoms with E-state index in [9.17, 15) is 59.4 Å². The van der Waals surface area contributed by atoms with Crippen molar-refractivity contribution in [3.05, 3.63) is 57.6 Å². The van der Waals surface area contributed by atoms with Gasteiger partial charge in [0.1, 0.15) is 0 Å². The second-order valence-corrected chi connectivity index (χ2v) is 5.65. The minimum Gasteiger partial charge on any atom is -0.478 e. The third kappa shape index (κ3) is 3.52. The zero-order valence-corrected chi connectivity index (χ0v) is 14.4. The lowest BCUT2D eigenvalue weighted by molar-refractivity contribution is 0.0646. The highest BCUT2D eigenvalue weighted by Gasteiger charge is 2.34. The average Bonchev–Trinajstić information content (AvgIpc) is 2.64. The van der Waals surface area contributed by atoms with Crippen LogP contribution in [0, 0.1) is 0 Å². The van der Waals surface area contributed by atoms with Crippen molar-refractivity contribution in [3.8, 4) is 11.1 Å². The summed E-state index contributed by atoms with van der Waals surface area (Å²) in [6, 6.07) is 2.58. The van der Waals surface area contributed by atoms with Crippen LogP contribution < -0.4 is 0 Å². The third-order valence-corrected chi connectivity index (χ3v) is 4.01.